The highest BCUT2D eigenvalue weighted by atomic mass is 31.2. The van der Waals surface area contributed by atoms with E-state index in [4.69, 9.17) is 9.15 Å². The van der Waals surface area contributed by atoms with E-state index in [0.717, 1.165) is 6.07 Å². The number of phenols is 2. The van der Waals surface area contributed by atoms with Crippen LogP contribution in [0.1, 0.15) is 13.8 Å². The number of hydrogen-bond donors (Lipinski definition) is 3. The van der Waals surface area contributed by atoms with Crippen LogP contribution in [0, 0.1) is 0 Å². The molecule has 3 aromatic rings. The van der Waals surface area contributed by atoms with Crippen LogP contribution in [0.3, 0.4) is 0 Å². The van der Waals surface area contributed by atoms with Crippen molar-refractivity contribution in [1.82, 2.24) is 0 Å². The van der Waals surface area contributed by atoms with Crippen molar-refractivity contribution in [1.29, 1.82) is 0 Å². The molecule has 0 bridgehead atoms. The van der Waals surface area contributed by atoms with Crippen LogP contribution in [0.4, 0.5) is 0 Å². The molecule has 3 N–H and O–H groups in total. The lowest BCUT2D eigenvalue weighted by atomic mass is 10.1. The third kappa shape index (κ3) is 3.71. The van der Waals surface area contributed by atoms with Gasteiger partial charge in [-0.25, -0.2) is 0 Å². The molecule has 8 heteroatoms. The van der Waals surface area contributed by atoms with Crippen LogP contribution in [-0.4, -0.2) is 34.0 Å². The fourth-order valence-electron chi connectivity index (χ4n) is 2.77. The molecular weight excluding hydrogens is 383 g/mol. The second-order valence-electron chi connectivity index (χ2n) is 6.44. The predicted octanol–water partition coefficient (Wildman–Crippen LogP) is 4.32. The molecule has 0 atom stereocenters. The first-order valence-electron chi connectivity index (χ1n) is 8.80. The Bertz CT molecular complexity index is 1110. The zero-order valence-electron chi connectivity index (χ0n) is 15.5. The average molecular weight is 404 g/mol. The monoisotopic (exact) mass is 404 g/mol. The van der Waals surface area contributed by atoms with Crippen molar-refractivity contribution in [2.45, 2.75) is 13.8 Å². The molecule has 28 heavy (non-hydrogen) atoms. The van der Waals surface area contributed by atoms with Gasteiger partial charge in [0.1, 0.15) is 41.7 Å². The van der Waals surface area contributed by atoms with Crippen molar-refractivity contribution < 1.29 is 29.0 Å². The van der Waals surface area contributed by atoms with Crippen molar-refractivity contribution in [2.75, 3.05) is 18.7 Å². The second-order valence-corrected chi connectivity index (χ2v) is 10.1. The summed E-state index contributed by atoms with van der Waals surface area (Å²) in [6, 6.07) is 8.60. The number of aromatic hydroxyl groups is 3. The average Bonchev–Trinajstić information content (AvgIpc) is 2.68. The number of ether oxygens (including phenoxy) is 1. The van der Waals surface area contributed by atoms with Crippen molar-refractivity contribution in [3.63, 3.8) is 0 Å². The van der Waals surface area contributed by atoms with E-state index >= 15 is 0 Å². The molecule has 0 saturated heterocycles. The lowest BCUT2D eigenvalue weighted by Crippen LogP contribution is -2.04. The van der Waals surface area contributed by atoms with Crippen LogP contribution >= 0.6 is 7.14 Å². The van der Waals surface area contributed by atoms with Gasteiger partial charge in [0.25, 0.3) is 0 Å². The fraction of sp³-hybridized carbons (Fsp3) is 0.250. The van der Waals surface area contributed by atoms with Gasteiger partial charge in [-0.3, -0.25) is 4.79 Å². The van der Waals surface area contributed by atoms with Crippen LogP contribution in [0.15, 0.2) is 45.6 Å². The molecule has 148 valence electrons. The molecule has 1 heterocycles. The Hall–Kier alpha value is -2.92. The Morgan fingerprint density at radius 3 is 2.29 bits per heavy atom. The van der Waals surface area contributed by atoms with Crippen LogP contribution in [0.5, 0.6) is 23.0 Å². The molecular formula is C20H21O7P. The third-order valence-electron chi connectivity index (χ3n) is 4.67. The predicted molar refractivity (Wildman–Crippen MR) is 107 cm³/mol. The largest absolute Gasteiger partial charge is 0.508 e. The molecule has 0 unspecified atom stereocenters. The fourth-order valence-corrected chi connectivity index (χ4v) is 3.97. The lowest BCUT2D eigenvalue weighted by molar-refractivity contribution is 0.376. The van der Waals surface area contributed by atoms with E-state index in [1.807, 2.05) is 13.8 Å². The van der Waals surface area contributed by atoms with Gasteiger partial charge in [-0.2, -0.15) is 0 Å². The van der Waals surface area contributed by atoms with Gasteiger partial charge in [0.05, 0.1) is 0 Å². The molecule has 1 aromatic heterocycles. The minimum absolute atomic E-state index is 0.0533. The molecule has 7 nitrogen and oxygen atoms in total. The van der Waals surface area contributed by atoms with E-state index in [9.17, 15) is 24.7 Å². The topological polar surface area (TPSA) is 117 Å². The number of rotatable bonds is 6. The first-order valence-corrected chi connectivity index (χ1v) is 11.1. The molecule has 0 saturated carbocycles. The lowest BCUT2D eigenvalue weighted by Gasteiger charge is -2.15. The summed E-state index contributed by atoms with van der Waals surface area (Å²) in [5.74, 6) is -0.996. The van der Waals surface area contributed by atoms with Gasteiger partial charge in [-0.1, -0.05) is 13.8 Å². The summed E-state index contributed by atoms with van der Waals surface area (Å²) >= 11 is 0. The van der Waals surface area contributed by atoms with Crippen LogP contribution in [0.2, 0.25) is 0 Å². The van der Waals surface area contributed by atoms with E-state index in [1.165, 1.54) is 6.07 Å². The molecule has 0 aliphatic rings. The third-order valence-corrected chi connectivity index (χ3v) is 7.58. The molecule has 0 spiro atoms. The summed E-state index contributed by atoms with van der Waals surface area (Å²) in [5, 5.41) is 29.5. The van der Waals surface area contributed by atoms with Crippen LogP contribution < -0.4 is 10.2 Å². The SMILES string of the molecule is CCP(=O)(CC)COc1ccc(-c2oc3cc(O)cc(O)c3c(=O)c2O)cc1. The molecule has 3 rings (SSSR count). The van der Waals surface area contributed by atoms with Crippen molar-refractivity contribution >= 4 is 18.1 Å². The maximum Gasteiger partial charge on any atom is 0.238 e. The van der Waals surface area contributed by atoms with Crippen molar-refractivity contribution in [3.05, 3.63) is 46.6 Å². The summed E-state index contributed by atoms with van der Waals surface area (Å²) in [7, 11) is -2.34. The Balaban J connectivity index is 1.96. The highest BCUT2D eigenvalue weighted by molar-refractivity contribution is 7.63. The summed E-state index contributed by atoms with van der Waals surface area (Å²) in [5.41, 5.74) is -0.454. The quantitative estimate of drug-likeness (QED) is 0.524. The van der Waals surface area contributed by atoms with E-state index in [1.54, 1.807) is 24.3 Å². The van der Waals surface area contributed by atoms with Gasteiger partial charge in [-0.05, 0) is 24.3 Å². The minimum atomic E-state index is -2.34. The Morgan fingerprint density at radius 2 is 1.68 bits per heavy atom. The van der Waals surface area contributed by atoms with Gasteiger partial charge in [-0.15, -0.1) is 0 Å². The van der Waals surface area contributed by atoms with Crippen molar-refractivity contribution in [3.8, 4) is 34.3 Å². The summed E-state index contributed by atoms with van der Waals surface area (Å²) < 4.78 is 23.6. The first-order chi connectivity index (χ1) is 13.3. The molecule has 0 fully saturated rings. The Labute approximate surface area is 161 Å². The maximum absolute atomic E-state index is 12.4. The van der Waals surface area contributed by atoms with Crippen molar-refractivity contribution in [2.24, 2.45) is 0 Å². The number of hydrogen-bond acceptors (Lipinski definition) is 7. The van der Waals surface area contributed by atoms with Crippen LogP contribution in [-0.2, 0) is 4.57 Å². The zero-order valence-corrected chi connectivity index (χ0v) is 16.4. The van der Waals surface area contributed by atoms with E-state index < -0.39 is 24.1 Å². The first kappa shape index (κ1) is 19.8. The summed E-state index contributed by atoms with van der Waals surface area (Å²) in [6.07, 6.45) is 1.28. The van der Waals surface area contributed by atoms with Gasteiger partial charge >= 0.3 is 0 Å². The zero-order chi connectivity index (χ0) is 20.5. The normalized spacial score (nSPS) is 11.6. The highest BCUT2D eigenvalue weighted by Crippen LogP contribution is 2.44. The second kappa shape index (κ2) is 7.60. The van der Waals surface area contributed by atoms with E-state index in [0.29, 0.717) is 23.6 Å². The van der Waals surface area contributed by atoms with Gasteiger partial charge in [0, 0.05) is 30.0 Å². The molecule has 0 aliphatic carbocycles. The number of fused-ring (bicyclic) bond motifs is 1. The Kier molecular flexibility index (Phi) is 5.38. The highest BCUT2D eigenvalue weighted by Gasteiger charge is 2.20. The number of benzene rings is 2. The van der Waals surface area contributed by atoms with E-state index in [2.05, 4.69) is 0 Å². The van der Waals surface area contributed by atoms with Crippen LogP contribution in [0.25, 0.3) is 22.3 Å². The van der Waals surface area contributed by atoms with E-state index in [-0.39, 0.29) is 28.8 Å². The number of phenolic OH excluding ortho intramolecular Hbond substituents is 2. The maximum atomic E-state index is 12.4. The minimum Gasteiger partial charge on any atom is -0.508 e. The molecule has 0 radical (unpaired) electrons. The Morgan fingerprint density at radius 1 is 1.04 bits per heavy atom. The van der Waals surface area contributed by atoms with Gasteiger partial charge in [0.2, 0.25) is 11.2 Å². The smallest absolute Gasteiger partial charge is 0.238 e. The summed E-state index contributed by atoms with van der Waals surface area (Å²) in [4.78, 5) is 12.4. The standard InChI is InChI=1S/C20H21O7P/c1-3-28(25,4-2)11-26-14-7-5-12(6-8-14)20-19(24)18(23)17-15(22)9-13(21)10-16(17)27-20/h5-10,21-22,24H,3-4,11H2,1-2H3. The molecule has 0 amide bonds. The van der Waals surface area contributed by atoms with Gasteiger partial charge < -0.3 is 29.0 Å². The summed E-state index contributed by atoms with van der Waals surface area (Å²) in [6.45, 7) is 3.74. The molecule has 2 aromatic carbocycles. The molecule has 0 aliphatic heterocycles. The van der Waals surface area contributed by atoms with Gasteiger partial charge in [0.15, 0.2) is 5.76 Å².